The van der Waals surface area contributed by atoms with Crippen LogP contribution in [0.5, 0.6) is 0 Å². The number of anilines is 1. The molecule has 138 valence electrons. The van der Waals surface area contributed by atoms with Gasteiger partial charge in [0, 0.05) is 31.2 Å². The predicted octanol–water partition coefficient (Wildman–Crippen LogP) is 3.00. The van der Waals surface area contributed by atoms with Crippen LogP contribution in [0.25, 0.3) is 0 Å². The second-order valence-corrected chi connectivity index (χ2v) is 10.9. The average molecular weight is 359 g/mol. The SMILES string of the molecule is CC(C)(C)c1cc(NCC(C)(C)S(=O)(=O)CC2CCOCC2)on1. The van der Waals surface area contributed by atoms with Crippen LogP contribution >= 0.6 is 0 Å². The zero-order chi connectivity index (χ0) is 18.0. The molecule has 6 nitrogen and oxygen atoms in total. The maximum absolute atomic E-state index is 12.8. The van der Waals surface area contributed by atoms with Gasteiger partial charge in [-0.2, -0.15) is 0 Å². The summed E-state index contributed by atoms with van der Waals surface area (Å²) in [6.07, 6.45) is 1.64. The molecule has 0 unspecified atom stereocenters. The van der Waals surface area contributed by atoms with Gasteiger partial charge in [0.2, 0.25) is 5.88 Å². The standard InChI is InChI=1S/C17H30N2O4S/c1-16(2,3)14-10-15(23-19-14)18-12-17(4,5)24(20,21)11-13-6-8-22-9-7-13/h10,13,18H,6-9,11-12H2,1-5H3. The van der Waals surface area contributed by atoms with E-state index in [1.54, 1.807) is 13.8 Å². The van der Waals surface area contributed by atoms with E-state index in [0.717, 1.165) is 18.5 Å². The quantitative estimate of drug-likeness (QED) is 0.842. The van der Waals surface area contributed by atoms with E-state index in [0.29, 0.717) is 19.1 Å². The van der Waals surface area contributed by atoms with Crippen molar-refractivity contribution < 1.29 is 17.7 Å². The first-order valence-corrected chi connectivity index (χ1v) is 10.2. The monoisotopic (exact) mass is 358 g/mol. The number of hydrogen-bond acceptors (Lipinski definition) is 6. The summed E-state index contributed by atoms with van der Waals surface area (Å²) in [6, 6.07) is 1.83. The summed E-state index contributed by atoms with van der Waals surface area (Å²) in [5.41, 5.74) is 0.738. The lowest BCUT2D eigenvalue weighted by Crippen LogP contribution is -2.42. The lowest BCUT2D eigenvalue weighted by Gasteiger charge is -2.29. The minimum absolute atomic E-state index is 0.103. The molecule has 1 fully saturated rings. The lowest BCUT2D eigenvalue weighted by atomic mass is 9.92. The van der Waals surface area contributed by atoms with Gasteiger partial charge in [-0.15, -0.1) is 0 Å². The third kappa shape index (κ3) is 4.72. The maximum Gasteiger partial charge on any atom is 0.224 e. The Kier molecular flexibility index (Phi) is 5.64. The molecule has 0 aromatic carbocycles. The summed E-state index contributed by atoms with van der Waals surface area (Å²) in [5, 5.41) is 7.13. The summed E-state index contributed by atoms with van der Waals surface area (Å²) in [4.78, 5) is 0. The molecule has 1 saturated heterocycles. The van der Waals surface area contributed by atoms with Crippen LogP contribution in [0.15, 0.2) is 10.6 Å². The number of nitrogens with one attached hydrogen (secondary N) is 1. The molecule has 0 radical (unpaired) electrons. The van der Waals surface area contributed by atoms with Gasteiger partial charge in [-0.05, 0) is 32.6 Å². The van der Waals surface area contributed by atoms with Crippen molar-refractivity contribution in [2.24, 2.45) is 5.92 Å². The van der Waals surface area contributed by atoms with Crippen molar-refractivity contribution in [2.45, 2.75) is 57.6 Å². The molecule has 1 aliphatic rings. The Morgan fingerprint density at radius 1 is 1.21 bits per heavy atom. The molecule has 7 heteroatoms. The first-order valence-electron chi connectivity index (χ1n) is 8.52. The van der Waals surface area contributed by atoms with Gasteiger partial charge in [0.1, 0.15) is 0 Å². The minimum Gasteiger partial charge on any atom is -0.381 e. The first kappa shape index (κ1) is 19.2. The molecule has 0 aliphatic carbocycles. The molecule has 2 heterocycles. The molecule has 0 amide bonds. The highest BCUT2D eigenvalue weighted by molar-refractivity contribution is 7.92. The van der Waals surface area contributed by atoms with Crippen LogP contribution in [-0.2, 0) is 20.0 Å². The fourth-order valence-electron chi connectivity index (χ4n) is 2.57. The molecule has 24 heavy (non-hydrogen) atoms. The molecule has 2 rings (SSSR count). The second kappa shape index (κ2) is 7.04. The summed E-state index contributed by atoms with van der Waals surface area (Å²) in [7, 11) is -3.23. The molecular formula is C17H30N2O4S. The molecule has 1 aliphatic heterocycles. The van der Waals surface area contributed by atoms with Crippen molar-refractivity contribution in [1.29, 1.82) is 0 Å². The van der Waals surface area contributed by atoms with Crippen LogP contribution in [0, 0.1) is 5.92 Å². The molecule has 1 N–H and O–H groups in total. The van der Waals surface area contributed by atoms with Crippen LogP contribution < -0.4 is 5.32 Å². The van der Waals surface area contributed by atoms with E-state index in [4.69, 9.17) is 9.26 Å². The number of ether oxygens (including phenoxy) is 1. The molecule has 0 atom stereocenters. The van der Waals surface area contributed by atoms with E-state index in [9.17, 15) is 8.42 Å². The Morgan fingerprint density at radius 2 is 1.83 bits per heavy atom. The van der Waals surface area contributed by atoms with Gasteiger partial charge in [0.15, 0.2) is 9.84 Å². The molecule has 0 saturated carbocycles. The summed E-state index contributed by atoms with van der Waals surface area (Å²) >= 11 is 0. The average Bonchev–Trinajstić information content (AvgIpc) is 2.94. The van der Waals surface area contributed by atoms with Crippen LogP contribution in [-0.4, -0.2) is 43.8 Å². The van der Waals surface area contributed by atoms with E-state index >= 15 is 0 Å². The number of nitrogens with zero attached hydrogens (tertiary/aromatic N) is 1. The highest BCUT2D eigenvalue weighted by atomic mass is 32.2. The van der Waals surface area contributed by atoms with Crippen LogP contribution in [0.1, 0.15) is 53.2 Å². The zero-order valence-electron chi connectivity index (χ0n) is 15.4. The van der Waals surface area contributed by atoms with Crippen molar-refractivity contribution in [3.05, 3.63) is 11.8 Å². The zero-order valence-corrected chi connectivity index (χ0v) is 16.2. The van der Waals surface area contributed by atoms with Gasteiger partial charge in [-0.25, -0.2) is 8.42 Å². The van der Waals surface area contributed by atoms with Crippen molar-refractivity contribution in [3.63, 3.8) is 0 Å². The second-order valence-electron chi connectivity index (χ2n) is 8.28. The van der Waals surface area contributed by atoms with E-state index in [2.05, 4.69) is 31.2 Å². The van der Waals surface area contributed by atoms with Crippen molar-refractivity contribution in [1.82, 2.24) is 5.16 Å². The molecular weight excluding hydrogens is 328 g/mol. The Hall–Kier alpha value is -1.08. The Bertz CT molecular complexity index is 638. The Morgan fingerprint density at radius 3 is 2.38 bits per heavy atom. The first-order chi connectivity index (χ1) is 11.0. The Balaban J connectivity index is 1.97. The molecule has 1 aromatic heterocycles. The van der Waals surface area contributed by atoms with E-state index in [1.807, 2.05) is 6.07 Å². The molecule has 0 spiro atoms. The smallest absolute Gasteiger partial charge is 0.224 e. The van der Waals surface area contributed by atoms with Crippen LogP contribution in [0.4, 0.5) is 5.88 Å². The topological polar surface area (TPSA) is 81.4 Å². The third-order valence-corrected chi connectivity index (χ3v) is 7.34. The largest absolute Gasteiger partial charge is 0.381 e. The van der Waals surface area contributed by atoms with Gasteiger partial charge in [-0.1, -0.05) is 25.9 Å². The number of rotatable bonds is 6. The van der Waals surface area contributed by atoms with Gasteiger partial charge >= 0.3 is 0 Å². The summed E-state index contributed by atoms with van der Waals surface area (Å²) < 4.78 is 35.3. The highest BCUT2D eigenvalue weighted by Gasteiger charge is 2.36. The fraction of sp³-hybridized carbons (Fsp3) is 0.824. The molecule has 0 bridgehead atoms. The number of aromatic nitrogens is 1. The summed E-state index contributed by atoms with van der Waals surface area (Å²) in [6.45, 7) is 11.3. The third-order valence-electron chi connectivity index (χ3n) is 4.60. The van der Waals surface area contributed by atoms with E-state index in [-0.39, 0.29) is 23.6 Å². The maximum atomic E-state index is 12.8. The van der Waals surface area contributed by atoms with Crippen molar-refractivity contribution in [2.75, 3.05) is 30.8 Å². The fourth-order valence-corrected chi connectivity index (χ4v) is 4.27. The van der Waals surface area contributed by atoms with Crippen molar-refractivity contribution in [3.8, 4) is 0 Å². The predicted molar refractivity (Wildman–Crippen MR) is 95.1 cm³/mol. The minimum atomic E-state index is -3.23. The normalized spacial score (nSPS) is 17.9. The van der Waals surface area contributed by atoms with Crippen molar-refractivity contribution >= 4 is 15.7 Å². The Labute approximate surface area is 145 Å². The summed E-state index contributed by atoms with van der Waals surface area (Å²) in [5.74, 6) is 0.921. The highest BCUT2D eigenvalue weighted by Crippen LogP contribution is 2.27. The number of hydrogen-bond donors (Lipinski definition) is 1. The van der Waals surface area contributed by atoms with E-state index < -0.39 is 14.6 Å². The van der Waals surface area contributed by atoms with Gasteiger partial charge in [-0.3, -0.25) is 0 Å². The van der Waals surface area contributed by atoms with Crippen LogP contribution in [0.3, 0.4) is 0 Å². The number of sulfone groups is 1. The van der Waals surface area contributed by atoms with Gasteiger partial charge in [0.05, 0.1) is 16.2 Å². The molecule has 1 aromatic rings. The van der Waals surface area contributed by atoms with Crippen LogP contribution in [0.2, 0.25) is 0 Å². The lowest BCUT2D eigenvalue weighted by molar-refractivity contribution is 0.0722. The van der Waals surface area contributed by atoms with Gasteiger partial charge in [0.25, 0.3) is 0 Å². The van der Waals surface area contributed by atoms with E-state index in [1.165, 1.54) is 0 Å². The van der Waals surface area contributed by atoms with Gasteiger partial charge < -0.3 is 14.6 Å².